The number of amides is 1. The van der Waals surface area contributed by atoms with Crippen LogP contribution in [-0.2, 0) is 27.7 Å². The first kappa shape index (κ1) is 25.3. The molecule has 1 N–H and O–H groups in total. The normalized spacial score (nSPS) is 13.5. The van der Waals surface area contributed by atoms with E-state index in [4.69, 9.17) is 0 Å². The average Bonchev–Trinajstić information content (AvgIpc) is 3.61. The third-order valence-electron chi connectivity index (χ3n) is 6.55. The monoisotopic (exact) mass is 526 g/mol. The molecular weight excluding hydrogens is 500 g/mol. The van der Waals surface area contributed by atoms with Gasteiger partial charge in [-0.3, -0.25) is 14.2 Å². The highest BCUT2D eigenvalue weighted by molar-refractivity contribution is 7.89. The van der Waals surface area contributed by atoms with Gasteiger partial charge < -0.3 is 4.90 Å². The van der Waals surface area contributed by atoms with E-state index in [1.54, 1.807) is 55.7 Å². The first-order valence-corrected chi connectivity index (χ1v) is 13.6. The molecule has 38 heavy (non-hydrogen) atoms. The number of rotatable bonds is 7. The standard InChI is InChI=1S/C29H26N4O4S/c1-32(28(34)15-8-21-6-9-22(10-7-21)29(35)33-17-16-30-20-33)26-11-13-27(14-12-26)38(36,37)31-25-18-23-4-2-3-5-24(23)19-25/h2-17,20,25,31H,18-19H2,1H3. The molecule has 0 spiro atoms. The summed E-state index contributed by atoms with van der Waals surface area (Å²) in [4.78, 5) is 30.5. The molecule has 0 atom stereocenters. The predicted octanol–water partition coefficient (Wildman–Crippen LogP) is 3.69. The van der Waals surface area contributed by atoms with Crippen LogP contribution in [0.15, 0.2) is 102 Å². The van der Waals surface area contributed by atoms with Gasteiger partial charge in [0.25, 0.3) is 11.8 Å². The van der Waals surface area contributed by atoms with Gasteiger partial charge in [0, 0.05) is 42.8 Å². The number of imidazole rings is 1. The number of sulfonamides is 1. The lowest BCUT2D eigenvalue weighted by atomic mass is 10.1. The first-order valence-electron chi connectivity index (χ1n) is 12.1. The van der Waals surface area contributed by atoms with Crippen molar-refractivity contribution in [3.63, 3.8) is 0 Å². The molecule has 192 valence electrons. The number of aromatic nitrogens is 2. The van der Waals surface area contributed by atoms with Crippen LogP contribution in [0.2, 0.25) is 0 Å². The van der Waals surface area contributed by atoms with E-state index in [1.165, 1.54) is 51.3 Å². The van der Waals surface area contributed by atoms with E-state index in [9.17, 15) is 18.0 Å². The van der Waals surface area contributed by atoms with Crippen molar-refractivity contribution in [1.29, 1.82) is 0 Å². The summed E-state index contributed by atoms with van der Waals surface area (Å²) in [5.41, 5.74) is 4.17. The lowest BCUT2D eigenvalue weighted by Gasteiger charge is -2.17. The van der Waals surface area contributed by atoms with Crippen LogP contribution in [-0.4, -0.2) is 42.9 Å². The molecule has 9 heteroatoms. The molecule has 0 saturated carbocycles. The minimum Gasteiger partial charge on any atom is -0.312 e. The molecule has 0 bridgehead atoms. The van der Waals surface area contributed by atoms with Crippen LogP contribution in [0.5, 0.6) is 0 Å². The molecule has 1 aliphatic rings. The second kappa shape index (κ2) is 10.6. The fraction of sp³-hybridized carbons (Fsp3) is 0.138. The van der Waals surface area contributed by atoms with Crippen LogP contribution >= 0.6 is 0 Å². The number of hydrogen-bond donors (Lipinski definition) is 1. The molecule has 0 unspecified atom stereocenters. The second-order valence-corrected chi connectivity index (χ2v) is 10.8. The van der Waals surface area contributed by atoms with E-state index in [2.05, 4.69) is 9.71 Å². The minimum atomic E-state index is -3.69. The molecule has 1 aliphatic carbocycles. The van der Waals surface area contributed by atoms with Gasteiger partial charge in [-0.25, -0.2) is 18.1 Å². The zero-order chi connectivity index (χ0) is 26.7. The number of nitrogens with zero attached hydrogens (tertiary/aromatic N) is 3. The van der Waals surface area contributed by atoms with E-state index >= 15 is 0 Å². The van der Waals surface area contributed by atoms with Gasteiger partial charge >= 0.3 is 0 Å². The number of likely N-dealkylation sites (N-methyl/N-ethyl adjacent to an activating group) is 1. The van der Waals surface area contributed by atoms with Crippen molar-refractivity contribution < 1.29 is 18.0 Å². The Morgan fingerprint density at radius 2 is 1.63 bits per heavy atom. The van der Waals surface area contributed by atoms with Gasteiger partial charge in [0.1, 0.15) is 6.33 Å². The number of carbonyl (C=O) groups is 2. The summed E-state index contributed by atoms with van der Waals surface area (Å²) in [7, 11) is -2.07. The summed E-state index contributed by atoms with van der Waals surface area (Å²) in [5.74, 6) is -0.469. The van der Waals surface area contributed by atoms with E-state index in [-0.39, 0.29) is 22.8 Å². The maximum Gasteiger partial charge on any atom is 0.263 e. The Morgan fingerprint density at radius 3 is 2.24 bits per heavy atom. The topological polar surface area (TPSA) is 101 Å². The minimum absolute atomic E-state index is 0.152. The lowest BCUT2D eigenvalue weighted by Crippen LogP contribution is -2.35. The highest BCUT2D eigenvalue weighted by Crippen LogP contribution is 2.24. The molecule has 5 rings (SSSR count). The van der Waals surface area contributed by atoms with Crippen molar-refractivity contribution in [1.82, 2.24) is 14.3 Å². The highest BCUT2D eigenvalue weighted by atomic mass is 32.2. The summed E-state index contributed by atoms with van der Waals surface area (Å²) >= 11 is 0. The average molecular weight is 527 g/mol. The summed E-state index contributed by atoms with van der Waals surface area (Å²) < 4.78 is 30.0. The van der Waals surface area contributed by atoms with Gasteiger partial charge in [-0.15, -0.1) is 0 Å². The number of carbonyl (C=O) groups excluding carboxylic acids is 2. The maximum atomic E-state index is 12.9. The number of nitrogens with one attached hydrogen (secondary N) is 1. The molecule has 1 aromatic heterocycles. The first-order chi connectivity index (χ1) is 18.3. The van der Waals surface area contributed by atoms with Crippen LogP contribution in [0.25, 0.3) is 6.08 Å². The summed E-state index contributed by atoms with van der Waals surface area (Å²) in [6, 6.07) is 20.9. The van der Waals surface area contributed by atoms with Crippen molar-refractivity contribution in [2.45, 2.75) is 23.8 Å². The molecule has 0 fully saturated rings. The van der Waals surface area contributed by atoms with Gasteiger partial charge in [0.05, 0.1) is 4.90 Å². The Labute approximate surface area is 221 Å². The van der Waals surface area contributed by atoms with Crippen molar-refractivity contribution in [3.05, 3.63) is 120 Å². The molecule has 1 heterocycles. The molecule has 4 aromatic rings. The van der Waals surface area contributed by atoms with Crippen LogP contribution in [0.4, 0.5) is 5.69 Å². The van der Waals surface area contributed by atoms with Gasteiger partial charge in [0.15, 0.2) is 0 Å². The molecule has 1 amide bonds. The van der Waals surface area contributed by atoms with E-state index in [1.807, 2.05) is 24.3 Å². The smallest absolute Gasteiger partial charge is 0.263 e. The predicted molar refractivity (Wildman–Crippen MR) is 145 cm³/mol. The van der Waals surface area contributed by atoms with Crippen molar-refractivity contribution in [2.75, 3.05) is 11.9 Å². The van der Waals surface area contributed by atoms with Crippen molar-refractivity contribution in [3.8, 4) is 0 Å². The van der Waals surface area contributed by atoms with E-state index in [0.29, 0.717) is 24.1 Å². The fourth-order valence-electron chi connectivity index (χ4n) is 4.45. The number of fused-ring (bicyclic) bond motifs is 1. The molecular formula is C29H26N4O4S. The lowest BCUT2D eigenvalue weighted by molar-refractivity contribution is -0.113. The molecule has 0 saturated heterocycles. The van der Waals surface area contributed by atoms with Gasteiger partial charge in [0.2, 0.25) is 10.0 Å². The van der Waals surface area contributed by atoms with Crippen molar-refractivity contribution >= 4 is 33.6 Å². The summed E-state index contributed by atoms with van der Waals surface area (Å²) in [5, 5.41) is 0. The van der Waals surface area contributed by atoms with E-state index < -0.39 is 10.0 Å². The van der Waals surface area contributed by atoms with Gasteiger partial charge in [-0.05, 0) is 72.0 Å². The van der Waals surface area contributed by atoms with Crippen molar-refractivity contribution in [2.24, 2.45) is 0 Å². The Kier molecular flexibility index (Phi) is 7.04. The SMILES string of the molecule is CN(C(=O)C=Cc1ccc(C(=O)n2ccnc2)cc1)c1ccc(S(=O)(=O)NC2Cc3ccccc3C2)cc1. The molecule has 3 aromatic carbocycles. The Hall–Kier alpha value is -4.34. The third kappa shape index (κ3) is 5.49. The van der Waals surface area contributed by atoms with Crippen LogP contribution in [0.1, 0.15) is 27.0 Å². The number of benzene rings is 3. The van der Waals surface area contributed by atoms with Crippen LogP contribution in [0, 0.1) is 0 Å². The third-order valence-corrected chi connectivity index (χ3v) is 8.09. The molecule has 8 nitrogen and oxygen atoms in total. The Bertz CT molecular complexity index is 1570. The summed E-state index contributed by atoms with van der Waals surface area (Å²) in [6.07, 6.45) is 8.98. The largest absolute Gasteiger partial charge is 0.312 e. The fourth-order valence-corrected chi connectivity index (χ4v) is 5.69. The molecule has 0 radical (unpaired) electrons. The number of hydrogen-bond acceptors (Lipinski definition) is 5. The summed E-state index contributed by atoms with van der Waals surface area (Å²) in [6.45, 7) is 0. The maximum absolute atomic E-state index is 12.9. The van der Waals surface area contributed by atoms with E-state index in [0.717, 1.165) is 5.56 Å². The van der Waals surface area contributed by atoms with Crippen LogP contribution in [0.3, 0.4) is 0 Å². The highest BCUT2D eigenvalue weighted by Gasteiger charge is 2.26. The Morgan fingerprint density at radius 1 is 0.974 bits per heavy atom. The molecule has 0 aliphatic heterocycles. The van der Waals surface area contributed by atoms with Crippen LogP contribution < -0.4 is 9.62 Å². The van der Waals surface area contributed by atoms with Gasteiger partial charge in [-0.2, -0.15) is 0 Å². The number of anilines is 1. The quantitative estimate of drug-likeness (QED) is 0.370. The Balaban J connectivity index is 1.19. The van der Waals surface area contributed by atoms with Gasteiger partial charge in [-0.1, -0.05) is 36.4 Å². The zero-order valence-corrected chi connectivity index (χ0v) is 21.5. The second-order valence-electron chi connectivity index (χ2n) is 9.12. The zero-order valence-electron chi connectivity index (χ0n) is 20.7.